The van der Waals surface area contributed by atoms with Gasteiger partial charge >= 0.3 is 0 Å². The lowest BCUT2D eigenvalue weighted by Gasteiger charge is -2.10. The molecule has 0 saturated carbocycles. The van der Waals surface area contributed by atoms with Gasteiger partial charge in [-0.3, -0.25) is 4.99 Å². The van der Waals surface area contributed by atoms with Crippen LogP contribution in [0.1, 0.15) is 5.56 Å². The molecule has 5 nitrogen and oxygen atoms in total. The van der Waals surface area contributed by atoms with Gasteiger partial charge in [0.1, 0.15) is 0 Å². The van der Waals surface area contributed by atoms with Gasteiger partial charge in [0.25, 0.3) is 0 Å². The van der Waals surface area contributed by atoms with E-state index < -0.39 is 0 Å². The van der Waals surface area contributed by atoms with Crippen molar-refractivity contribution in [1.82, 2.24) is 14.9 Å². The van der Waals surface area contributed by atoms with E-state index in [0.29, 0.717) is 0 Å². The third-order valence-corrected chi connectivity index (χ3v) is 3.08. The van der Waals surface area contributed by atoms with E-state index in [9.17, 15) is 0 Å². The topological polar surface area (TPSA) is 54.2 Å². The summed E-state index contributed by atoms with van der Waals surface area (Å²) in [4.78, 5) is 8.74. The summed E-state index contributed by atoms with van der Waals surface area (Å²) in [6.45, 7) is 3.83. The molecule has 0 bridgehead atoms. The zero-order valence-electron chi connectivity index (χ0n) is 9.99. The van der Waals surface area contributed by atoms with Gasteiger partial charge in [0.05, 0.1) is 23.9 Å². The maximum absolute atomic E-state index is 4.42. The number of nitrogens with zero attached hydrogens (tertiary/aromatic N) is 3. The van der Waals surface area contributed by atoms with Crippen molar-refractivity contribution in [3.05, 3.63) is 24.0 Å². The number of aliphatic imine (C=N–C) groups is 1. The first kappa shape index (κ1) is 10.1. The van der Waals surface area contributed by atoms with E-state index in [1.807, 2.05) is 17.9 Å². The molecule has 1 aromatic heterocycles. The van der Waals surface area contributed by atoms with Crippen LogP contribution in [0, 0.1) is 6.92 Å². The lowest BCUT2D eigenvalue weighted by Crippen LogP contribution is -2.26. The van der Waals surface area contributed by atoms with Gasteiger partial charge in [-0.2, -0.15) is 0 Å². The maximum Gasteiger partial charge on any atom is 0.195 e. The third-order valence-electron chi connectivity index (χ3n) is 3.08. The molecule has 1 aromatic carbocycles. The quantitative estimate of drug-likeness (QED) is 0.774. The first-order valence-electron chi connectivity index (χ1n) is 5.71. The first-order valence-corrected chi connectivity index (χ1v) is 5.71. The molecule has 88 valence electrons. The molecule has 5 heteroatoms. The average molecular weight is 229 g/mol. The Morgan fingerprint density at radius 3 is 3.06 bits per heavy atom. The number of imidazole rings is 1. The number of hydrogen-bond acceptors (Lipinski definition) is 4. The van der Waals surface area contributed by atoms with Crippen LogP contribution in [-0.2, 0) is 7.05 Å². The molecule has 1 aliphatic rings. The van der Waals surface area contributed by atoms with Gasteiger partial charge < -0.3 is 15.2 Å². The average Bonchev–Trinajstić information content (AvgIpc) is 2.93. The summed E-state index contributed by atoms with van der Waals surface area (Å²) >= 11 is 0. The van der Waals surface area contributed by atoms with Crippen LogP contribution in [-0.4, -0.2) is 28.6 Å². The summed E-state index contributed by atoms with van der Waals surface area (Å²) in [6.07, 6.45) is 1.84. The Bertz CT molecular complexity index is 596. The number of rotatable bonds is 1. The molecule has 2 aromatic rings. The van der Waals surface area contributed by atoms with Gasteiger partial charge in [-0.05, 0) is 19.1 Å². The number of guanidine groups is 1. The van der Waals surface area contributed by atoms with Gasteiger partial charge in [-0.15, -0.1) is 0 Å². The minimum atomic E-state index is 0.840. The van der Waals surface area contributed by atoms with E-state index in [0.717, 1.165) is 41.3 Å². The molecule has 0 fully saturated rings. The lowest BCUT2D eigenvalue weighted by molar-refractivity contribution is 0.947. The molecule has 0 aliphatic carbocycles. The summed E-state index contributed by atoms with van der Waals surface area (Å²) in [5.74, 6) is 0.850. The zero-order valence-corrected chi connectivity index (χ0v) is 9.99. The number of anilines is 1. The Labute approximate surface area is 99.6 Å². The Morgan fingerprint density at radius 2 is 2.29 bits per heavy atom. The van der Waals surface area contributed by atoms with E-state index in [1.54, 1.807) is 0 Å². The third kappa shape index (κ3) is 1.63. The largest absolute Gasteiger partial charge is 0.354 e. The van der Waals surface area contributed by atoms with Crippen LogP contribution in [0.4, 0.5) is 5.69 Å². The number of aryl methyl sites for hydroxylation is 2. The normalized spacial score (nSPS) is 14.8. The van der Waals surface area contributed by atoms with Gasteiger partial charge in [0.2, 0.25) is 0 Å². The molecule has 0 amide bonds. The summed E-state index contributed by atoms with van der Waals surface area (Å²) < 4.78 is 2.03. The fraction of sp³-hybridized carbons (Fsp3) is 0.333. The summed E-state index contributed by atoms with van der Waals surface area (Å²) in [7, 11) is 2.00. The molecule has 3 rings (SSSR count). The van der Waals surface area contributed by atoms with Crippen LogP contribution in [0.15, 0.2) is 23.5 Å². The fourth-order valence-corrected chi connectivity index (χ4v) is 2.08. The number of hydrogen-bond donors (Lipinski definition) is 2. The van der Waals surface area contributed by atoms with Crippen LogP contribution in [0.2, 0.25) is 0 Å². The number of fused-ring (bicyclic) bond motifs is 1. The van der Waals surface area contributed by atoms with E-state index >= 15 is 0 Å². The SMILES string of the molecule is Cc1c(NC2=NCCN2)ccc2c1ncn2C. The molecule has 2 heterocycles. The van der Waals surface area contributed by atoms with Crippen molar-refractivity contribution in [1.29, 1.82) is 0 Å². The highest BCUT2D eigenvalue weighted by Crippen LogP contribution is 2.23. The predicted molar refractivity (Wildman–Crippen MR) is 69.4 cm³/mol. The molecule has 17 heavy (non-hydrogen) atoms. The minimum Gasteiger partial charge on any atom is -0.354 e. The predicted octanol–water partition coefficient (Wildman–Crippen LogP) is 1.25. The van der Waals surface area contributed by atoms with Gasteiger partial charge in [0.15, 0.2) is 5.96 Å². The molecule has 0 radical (unpaired) electrons. The zero-order chi connectivity index (χ0) is 11.8. The summed E-state index contributed by atoms with van der Waals surface area (Å²) in [6, 6.07) is 4.15. The van der Waals surface area contributed by atoms with Crippen molar-refractivity contribution in [3.8, 4) is 0 Å². The van der Waals surface area contributed by atoms with E-state index in [1.165, 1.54) is 0 Å². The number of benzene rings is 1. The molecule has 0 unspecified atom stereocenters. The van der Waals surface area contributed by atoms with Crippen molar-refractivity contribution in [2.75, 3.05) is 18.4 Å². The van der Waals surface area contributed by atoms with Crippen molar-refractivity contribution in [2.24, 2.45) is 12.0 Å². The second kappa shape index (κ2) is 3.76. The van der Waals surface area contributed by atoms with Crippen LogP contribution < -0.4 is 10.6 Å². The molecule has 1 aliphatic heterocycles. The molecule has 0 atom stereocenters. The summed E-state index contributed by atoms with van der Waals surface area (Å²) in [5.41, 5.74) is 4.40. The Morgan fingerprint density at radius 1 is 1.41 bits per heavy atom. The Kier molecular flexibility index (Phi) is 2.24. The summed E-state index contributed by atoms with van der Waals surface area (Å²) in [5, 5.41) is 6.50. The van der Waals surface area contributed by atoms with Crippen molar-refractivity contribution in [2.45, 2.75) is 6.92 Å². The highest BCUT2D eigenvalue weighted by Gasteiger charge is 2.10. The monoisotopic (exact) mass is 229 g/mol. The number of aromatic nitrogens is 2. The van der Waals surface area contributed by atoms with Gasteiger partial charge in [-0.25, -0.2) is 4.98 Å². The Hall–Kier alpha value is -2.04. The lowest BCUT2D eigenvalue weighted by atomic mass is 10.1. The fourth-order valence-electron chi connectivity index (χ4n) is 2.08. The second-order valence-corrected chi connectivity index (χ2v) is 4.24. The van der Waals surface area contributed by atoms with Crippen LogP contribution in [0.25, 0.3) is 11.0 Å². The molecule has 0 saturated heterocycles. The molecular formula is C12H15N5. The number of nitrogens with one attached hydrogen (secondary N) is 2. The second-order valence-electron chi connectivity index (χ2n) is 4.24. The van der Waals surface area contributed by atoms with Crippen molar-refractivity contribution >= 4 is 22.7 Å². The van der Waals surface area contributed by atoms with E-state index in [4.69, 9.17) is 0 Å². The van der Waals surface area contributed by atoms with Crippen LogP contribution in [0.3, 0.4) is 0 Å². The molecular weight excluding hydrogens is 214 g/mol. The highest BCUT2D eigenvalue weighted by molar-refractivity contribution is 5.97. The maximum atomic E-state index is 4.42. The molecule has 0 spiro atoms. The first-order chi connectivity index (χ1) is 8.25. The van der Waals surface area contributed by atoms with Crippen LogP contribution in [0.5, 0.6) is 0 Å². The van der Waals surface area contributed by atoms with Crippen molar-refractivity contribution in [3.63, 3.8) is 0 Å². The standard InChI is InChI=1S/C12H15N5/c1-8-9(16-12-13-5-6-14-12)3-4-10-11(8)15-7-17(10)2/h3-4,7H,5-6H2,1-2H3,(H2,13,14,16). The van der Waals surface area contributed by atoms with E-state index in [2.05, 4.69) is 39.7 Å². The highest BCUT2D eigenvalue weighted by atomic mass is 15.2. The van der Waals surface area contributed by atoms with E-state index in [-0.39, 0.29) is 0 Å². The van der Waals surface area contributed by atoms with Gasteiger partial charge in [-0.1, -0.05) is 0 Å². The molecule has 2 N–H and O–H groups in total. The smallest absolute Gasteiger partial charge is 0.195 e. The van der Waals surface area contributed by atoms with Crippen LogP contribution >= 0.6 is 0 Å². The minimum absolute atomic E-state index is 0.840. The Balaban J connectivity index is 2.02. The van der Waals surface area contributed by atoms with Crippen molar-refractivity contribution < 1.29 is 0 Å². The van der Waals surface area contributed by atoms with Gasteiger partial charge in [0, 0.05) is 24.8 Å².